The van der Waals surface area contributed by atoms with Crippen LogP contribution in [0.2, 0.25) is 5.02 Å². The maximum absolute atomic E-state index is 13.5. The van der Waals surface area contributed by atoms with Crippen LogP contribution in [-0.4, -0.2) is 27.9 Å². The number of phenols is 1. The molecule has 0 spiro atoms. The van der Waals surface area contributed by atoms with E-state index in [0.29, 0.717) is 22.0 Å². The molecule has 0 aliphatic carbocycles. The van der Waals surface area contributed by atoms with Gasteiger partial charge in [-0.2, -0.15) is 18.3 Å². The van der Waals surface area contributed by atoms with E-state index in [4.69, 9.17) is 16.3 Å². The summed E-state index contributed by atoms with van der Waals surface area (Å²) >= 11 is 5.99. The maximum atomic E-state index is 13.5. The molecule has 1 heterocycles. The molecule has 0 radical (unpaired) electrons. The number of anilines is 1. The van der Waals surface area contributed by atoms with Crippen molar-refractivity contribution in [1.82, 2.24) is 9.78 Å². The minimum atomic E-state index is -4.62. The second-order valence-electron chi connectivity index (χ2n) is 7.98. The Hall–Kier alpha value is -3.98. The Morgan fingerprint density at radius 3 is 2.28 bits per heavy atom. The largest absolute Gasteiger partial charge is 0.507 e. The van der Waals surface area contributed by atoms with E-state index in [-0.39, 0.29) is 29.5 Å². The number of carbonyl (C=O) groups is 1. The van der Waals surface area contributed by atoms with Crippen molar-refractivity contribution in [3.63, 3.8) is 0 Å². The van der Waals surface area contributed by atoms with Gasteiger partial charge in [-0.1, -0.05) is 23.7 Å². The third-order valence-corrected chi connectivity index (χ3v) is 5.83. The number of halogens is 4. The molecule has 6 nitrogen and oxygen atoms in total. The fourth-order valence-electron chi connectivity index (χ4n) is 3.70. The number of aryl methyl sites for hydroxylation is 1. The first-order valence-corrected chi connectivity index (χ1v) is 11.1. The zero-order valence-electron chi connectivity index (χ0n) is 19.3. The van der Waals surface area contributed by atoms with Crippen LogP contribution >= 0.6 is 11.6 Å². The van der Waals surface area contributed by atoms with Crippen LogP contribution in [0.5, 0.6) is 11.5 Å². The summed E-state index contributed by atoms with van der Waals surface area (Å²) in [6.07, 6.45) is -4.62. The number of alkyl halides is 3. The van der Waals surface area contributed by atoms with Gasteiger partial charge in [0.05, 0.1) is 19.3 Å². The molecule has 1 amide bonds. The zero-order valence-corrected chi connectivity index (χ0v) is 20.0. The van der Waals surface area contributed by atoms with Crippen LogP contribution in [0.1, 0.15) is 21.6 Å². The van der Waals surface area contributed by atoms with Crippen molar-refractivity contribution in [1.29, 1.82) is 0 Å². The van der Waals surface area contributed by atoms with Gasteiger partial charge in [0.2, 0.25) is 0 Å². The van der Waals surface area contributed by atoms with E-state index in [1.54, 1.807) is 54.6 Å². The van der Waals surface area contributed by atoms with Crippen molar-refractivity contribution in [3.8, 4) is 22.8 Å². The number of ether oxygens (including phenoxy) is 1. The topological polar surface area (TPSA) is 67.6 Å². The van der Waals surface area contributed by atoms with Crippen molar-refractivity contribution in [3.05, 3.63) is 94.6 Å². The van der Waals surface area contributed by atoms with Crippen LogP contribution in [0.4, 0.5) is 18.9 Å². The molecule has 0 atom stereocenters. The number of hydrogen-bond acceptors (Lipinski definition) is 4. The molecule has 0 saturated carbocycles. The summed E-state index contributed by atoms with van der Waals surface area (Å²) in [6.45, 7) is 0.157. The normalized spacial score (nSPS) is 11.4. The van der Waals surface area contributed by atoms with Crippen molar-refractivity contribution in [2.45, 2.75) is 12.7 Å². The summed E-state index contributed by atoms with van der Waals surface area (Å²) in [4.78, 5) is 14.9. The second-order valence-corrected chi connectivity index (χ2v) is 8.42. The molecule has 4 rings (SSSR count). The van der Waals surface area contributed by atoms with E-state index in [0.717, 1.165) is 16.3 Å². The molecule has 4 aromatic rings. The summed E-state index contributed by atoms with van der Waals surface area (Å²) in [5, 5.41) is 14.8. The number of phenolic OH excluding ortho intramolecular Hbond substituents is 1. The summed E-state index contributed by atoms with van der Waals surface area (Å²) < 4.78 is 45.5. The lowest BCUT2D eigenvalue weighted by atomic mass is 10.1. The minimum absolute atomic E-state index is 0.0807. The first-order valence-electron chi connectivity index (χ1n) is 10.7. The summed E-state index contributed by atoms with van der Waals surface area (Å²) in [7, 11) is 2.88. The SMILES string of the molecule is COc1ccc(C(=O)N(Cc2ccc(Cl)cc2)c2ccc(-c3cc(C(F)(F)F)nn3C)c(O)c2)cc1. The molecule has 36 heavy (non-hydrogen) atoms. The Labute approximate surface area is 210 Å². The van der Waals surface area contributed by atoms with Gasteiger partial charge >= 0.3 is 6.18 Å². The van der Waals surface area contributed by atoms with Gasteiger partial charge in [-0.3, -0.25) is 9.48 Å². The highest BCUT2D eigenvalue weighted by atomic mass is 35.5. The predicted molar refractivity (Wildman–Crippen MR) is 130 cm³/mol. The first kappa shape index (κ1) is 25.1. The Kier molecular flexibility index (Phi) is 6.94. The molecule has 10 heteroatoms. The molecule has 0 unspecified atom stereocenters. The highest BCUT2D eigenvalue weighted by Gasteiger charge is 2.35. The number of aromatic hydroxyl groups is 1. The Bertz CT molecular complexity index is 1380. The number of aromatic nitrogens is 2. The molecule has 0 aliphatic heterocycles. The van der Waals surface area contributed by atoms with E-state index in [1.807, 2.05) is 0 Å². The molecule has 186 valence electrons. The van der Waals surface area contributed by atoms with Gasteiger partial charge in [0.15, 0.2) is 5.69 Å². The number of amides is 1. The number of methoxy groups -OCH3 is 1. The molecular formula is C26H21ClF3N3O3. The average Bonchev–Trinajstić information content (AvgIpc) is 3.25. The number of benzene rings is 3. The molecule has 0 saturated heterocycles. The van der Waals surface area contributed by atoms with Crippen LogP contribution in [-0.2, 0) is 19.8 Å². The van der Waals surface area contributed by atoms with Gasteiger partial charge in [-0.15, -0.1) is 0 Å². The summed E-state index contributed by atoms with van der Waals surface area (Å²) in [5.41, 5.74) is 0.679. The lowest BCUT2D eigenvalue weighted by Crippen LogP contribution is -2.30. The van der Waals surface area contributed by atoms with Crippen LogP contribution in [0.3, 0.4) is 0 Å². The number of nitrogens with zero attached hydrogens (tertiary/aromatic N) is 3. The van der Waals surface area contributed by atoms with Gasteiger partial charge in [0, 0.05) is 35.0 Å². The van der Waals surface area contributed by atoms with Crippen LogP contribution in [0, 0.1) is 0 Å². The second kappa shape index (κ2) is 9.94. The first-order chi connectivity index (χ1) is 17.1. The third-order valence-electron chi connectivity index (χ3n) is 5.58. The lowest BCUT2D eigenvalue weighted by molar-refractivity contribution is -0.141. The van der Waals surface area contributed by atoms with E-state index in [9.17, 15) is 23.1 Å². The predicted octanol–water partition coefficient (Wildman–Crippen LogP) is 6.32. The zero-order chi connectivity index (χ0) is 26.0. The Morgan fingerprint density at radius 2 is 1.72 bits per heavy atom. The van der Waals surface area contributed by atoms with Gasteiger partial charge in [0.1, 0.15) is 11.5 Å². The van der Waals surface area contributed by atoms with Gasteiger partial charge in [0.25, 0.3) is 5.91 Å². The minimum Gasteiger partial charge on any atom is -0.507 e. The quantitative estimate of drug-likeness (QED) is 0.326. The van der Waals surface area contributed by atoms with Crippen molar-refractivity contribution in [2.75, 3.05) is 12.0 Å². The monoisotopic (exact) mass is 515 g/mol. The molecule has 1 N–H and O–H groups in total. The van der Waals surface area contributed by atoms with E-state index in [2.05, 4.69) is 5.10 Å². The lowest BCUT2D eigenvalue weighted by Gasteiger charge is -2.24. The number of hydrogen-bond donors (Lipinski definition) is 1. The van der Waals surface area contributed by atoms with Gasteiger partial charge in [-0.25, -0.2) is 0 Å². The number of carbonyl (C=O) groups excluding carboxylic acids is 1. The van der Waals surface area contributed by atoms with Gasteiger partial charge < -0.3 is 14.7 Å². The molecule has 0 fully saturated rings. The molecule has 0 aliphatic rings. The molecular weight excluding hydrogens is 495 g/mol. The van der Waals surface area contributed by atoms with Gasteiger partial charge in [-0.05, 0) is 60.2 Å². The fourth-order valence-corrected chi connectivity index (χ4v) is 3.83. The average molecular weight is 516 g/mol. The molecule has 1 aromatic heterocycles. The van der Waals surface area contributed by atoms with Crippen molar-refractivity contribution in [2.24, 2.45) is 7.05 Å². The van der Waals surface area contributed by atoms with E-state index < -0.39 is 11.9 Å². The Morgan fingerprint density at radius 1 is 1.06 bits per heavy atom. The highest BCUT2D eigenvalue weighted by molar-refractivity contribution is 6.30. The summed E-state index contributed by atoms with van der Waals surface area (Å²) in [6, 6.07) is 18.8. The van der Waals surface area contributed by atoms with Crippen LogP contribution < -0.4 is 9.64 Å². The maximum Gasteiger partial charge on any atom is 0.435 e. The molecule has 3 aromatic carbocycles. The fraction of sp³-hybridized carbons (Fsp3) is 0.154. The smallest absolute Gasteiger partial charge is 0.435 e. The third kappa shape index (κ3) is 5.31. The standard InChI is InChI=1S/C26H21ClF3N3O3/c1-32-22(14-24(31-32)26(28,29)30)21-12-9-19(13-23(21)34)33(15-16-3-7-18(27)8-4-16)25(35)17-5-10-20(36-2)11-6-17/h3-14,34H,15H2,1-2H3. The van der Waals surface area contributed by atoms with E-state index >= 15 is 0 Å². The summed E-state index contributed by atoms with van der Waals surface area (Å²) in [5.74, 6) is -0.0558. The van der Waals surface area contributed by atoms with E-state index in [1.165, 1.54) is 31.2 Å². The van der Waals surface area contributed by atoms with Crippen LogP contribution in [0.15, 0.2) is 72.8 Å². The van der Waals surface area contributed by atoms with Crippen molar-refractivity contribution < 1.29 is 27.8 Å². The van der Waals surface area contributed by atoms with Crippen molar-refractivity contribution >= 4 is 23.2 Å². The number of rotatable bonds is 6. The highest BCUT2D eigenvalue weighted by Crippen LogP contribution is 2.37. The Balaban J connectivity index is 1.73. The molecule has 0 bridgehead atoms. The van der Waals surface area contributed by atoms with Crippen LogP contribution in [0.25, 0.3) is 11.3 Å².